The Morgan fingerprint density at radius 1 is 0.853 bits per heavy atom. The predicted molar refractivity (Wildman–Crippen MR) is 121 cm³/mol. The first-order chi connectivity index (χ1) is 15.8. The third-order valence-corrected chi connectivity index (χ3v) is 5.25. The number of amides is 4. The molecule has 5 atom stereocenters. The second-order valence-electron chi connectivity index (χ2n) is 7.51. The summed E-state index contributed by atoms with van der Waals surface area (Å²) in [5.74, 6) is -5.66. The Labute approximate surface area is 200 Å². The maximum atomic E-state index is 12.8. The molecule has 0 aliphatic rings. The van der Waals surface area contributed by atoms with Gasteiger partial charge in [-0.05, 0) is 38.2 Å². The van der Waals surface area contributed by atoms with E-state index in [1.165, 1.54) is 11.8 Å². The molecule has 0 radical (unpaired) electrons. The maximum absolute atomic E-state index is 12.8. The first kappa shape index (κ1) is 31.1. The van der Waals surface area contributed by atoms with Gasteiger partial charge < -0.3 is 42.7 Å². The fraction of sp³-hybridized carbons (Fsp3) is 0.684. The van der Waals surface area contributed by atoms with E-state index in [0.29, 0.717) is 12.2 Å². The lowest BCUT2D eigenvalue weighted by Gasteiger charge is -2.25. The highest BCUT2D eigenvalue weighted by Gasteiger charge is 2.32. The molecule has 0 saturated heterocycles. The normalized spacial score (nSPS) is 15.2. The minimum atomic E-state index is -1.71. The number of hydrogen-bond donors (Lipinski definition) is 8. The average Bonchev–Trinajstić information content (AvgIpc) is 2.74. The minimum absolute atomic E-state index is 0.221. The molecule has 34 heavy (non-hydrogen) atoms. The molecule has 0 aliphatic heterocycles. The topological polar surface area (TPSA) is 251 Å². The third-order valence-electron chi connectivity index (χ3n) is 4.61. The number of nitrogens with one attached hydrogen (secondary N) is 3. The summed E-state index contributed by atoms with van der Waals surface area (Å²) in [4.78, 5) is 71.1. The van der Waals surface area contributed by atoms with E-state index in [2.05, 4.69) is 10.6 Å². The van der Waals surface area contributed by atoms with E-state index in [4.69, 9.17) is 21.7 Å². The van der Waals surface area contributed by atoms with Gasteiger partial charge in [-0.2, -0.15) is 11.8 Å². The first-order valence-corrected chi connectivity index (χ1v) is 11.8. The van der Waals surface area contributed by atoms with E-state index in [1.54, 1.807) is 0 Å². The first-order valence-electron chi connectivity index (χ1n) is 10.4. The fourth-order valence-corrected chi connectivity index (χ4v) is 3.15. The van der Waals surface area contributed by atoms with Crippen LogP contribution < -0.4 is 27.4 Å². The number of rotatable bonds is 17. The number of hydrogen-bond acceptors (Lipinski definition) is 9. The van der Waals surface area contributed by atoms with E-state index in [9.17, 15) is 33.9 Å². The van der Waals surface area contributed by atoms with Gasteiger partial charge in [0.1, 0.15) is 12.1 Å². The van der Waals surface area contributed by atoms with Crippen molar-refractivity contribution in [1.29, 1.82) is 0 Å². The second kappa shape index (κ2) is 15.8. The molecule has 0 spiro atoms. The van der Waals surface area contributed by atoms with Crippen molar-refractivity contribution in [3.63, 3.8) is 0 Å². The zero-order valence-corrected chi connectivity index (χ0v) is 19.8. The van der Waals surface area contributed by atoms with Gasteiger partial charge in [0.05, 0.1) is 12.1 Å². The van der Waals surface area contributed by atoms with Crippen LogP contribution in [0, 0.1) is 0 Å². The number of aliphatic carboxylic acids is 2. The molecule has 0 aromatic rings. The number of carbonyl (C=O) groups excluding carboxylic acids is 4. The van der Waals surface area contributed by atoms with Gasteiger partial charge in [0.25, 0.3) is 0 Å². The summed E-state index contributed by atoms with van der Waals surface area (Å²) in [6.45, 7) is 1.12. The average molecular weight is 508 g/mol. The zero-order valence-electron chi connectivity index (χ0n) is 19.0. The van der Waals surface area contributed by atoms with E-state index in [0.717, 1.165) is 6.92 Å². The van der Waals surface area contributed by atoms with E-state index >= 15 is 0 Å². The van der Waals surface area contributed by atoms with E-state index < -0.39 is 78.7 Å². The Bertz CT molecular complexity index is 750. The lowest BCUT2D eigenvalue weighted by atomic mass is 10.1. The minimum Gasteiger partial charge on any atom is -0.481 e. The van der Waals surface area contributed by atoms with Gasteiger partial charge in [-0.1, -0.05) is 0 Å². The molecule has 0 bridgehead atoms. The molecule has 0 rings (SSSR count). The number of carbonyl (C=O) groups is 6. The SMILES string of the molecule is CSCCC(N)C(=O)NC(CCC(N)=O)C(=O)NC(CCC(=O)O)C(=O)NC(C(=O)O)C(C)O. The van der Waals surface area contributed by atoms with Crippen molar-refractivity contribution in [3.8, 4) is 0 Å². The fourth-order valence-electron chi connectivity index (χ4n) is 2.66. The van der Waals surface area contributed by atoms with Crippen LogP contribution in [0.5, 0.6) is 0 Å². The monoisotopic (exact) mass is 507 g/mol. The molecule has 0 aromatic carbocycles. The van der Waals surface area contributed by atoms with Crippen LogP contribution in [0.15, 0.2) is 0 Å². The Morgan fingerprint density at radius 2 is 1.35 bits per heavy atom. The van der Waals surface area contributed by atoms with Gasteiger partial charge in [0.2, 0.25) is 23.6 Å². The van der Waals surface area contributed by atoms with Crippen LogP contribution in [0.1, 0.15) is 39.0 Å². The predicted octanol–water partition coefficient (Wildman–Crippen LogP) is -2.88. The van der Waals surface area contributed by atoms with Crippen molar-refractivity contribution in [3.05, 3.63) is 0 Å². The zero-order chi connectivity index (χ0) is 26.4. The summed E-state index contributed by atoms with van der Waals surface area (Å²) >= 11 is 1.46. The summed E-state index contributed by atoms with van der Waals surface area (Å²) < 4.78 is 0. The molecule has 0 saturated carbocycles. The molecule has 14 nitrogen and oxygen atoms in total. The van der Waals surface area contributed by atoms with Crippen molar-refractivity contribution in [1.82, 2.24) is 16.0 Å². The second-order valence-corrected chi connectivity index (χ2v) is 8.50. The number of carboxylic acids is 2. The Balaban J connectivity index is 5.58. The van der Waals surface area contributed by atoms with Crippen LogP contribution in [0.3, 0.4) is 0 Å². The van der Waals surface area contributed by atoms with Crippen LogP contribution in [0.4, 0.5) is 0 Å². The summed E-state index contributed by atoms with van der Waals surface area (Å²) in [5.41, 5.74) is 10.9. The van der Waals surface area contributed by atoms with Crippen LogP contribution in [0.25, 0.3) is 0 Å². The standard InChI is InChI=1S/C19H33N5O9S/c1-9(25)15(19(32)33)24-18(31)12(4-6-14(27)28)23-17(30)11(3-5-13(21)26)22-16(29)10(20)7-8-34-2/h9-12,15,25H,3-8,20H2,1-2H3,(H2,21,26)(H,22,29)(H,23,30)(H,24,31)(H,27,28)(H,32,33). The van der Waals surface area contributed by atoms with Gasteiger partial charge in [0, 0.05) is 12.8 Å². The molecule has 0 aliphatic carbocycles. The number of thioether (sulfide) groups is 1. The number of aliphatic hydroxyl groups excluding tert-OH is 1. The highest BCUT2D eigenvalue weighted by molar-refractivity contribution is 7.98. The Hall–Kier alpha value is -2.91. The van der Waals surface area contributed by atoms with Crippen molar-refractivity contribution in [2.45, 2.75) is 69.3 Å². The van der Waals surface area contributed by atoms with Crippen LogP contribution >= 0.6 is 11.8 Å². The molecular weight excluding hydrogens is 474 g/mol. The summed E-state index contributed by atoms with van der Waals surface area (Å²) in [5, 5.41) is 34.3. The molecule has 4 amide bonds. The smallest absolute Gasteiger partial charge is 0.328 e. The van der Waals surface area contributed by atoms with Crippen LogP contribution in [-0.4, -0.2) is 93.2 Å². The van der Waals surface area contributed by atoms with E-state index in [-0.39, 0.29) is 12.8 Å². The van der Waals surface area contributed by atoms with Crippen molar-refractivity contribution >= 4 is 47.3 Å². The molecule has 5 unspecified atom stereocenters. The van der Waals surface area contributed by atoms with Crippen LogP contribution in [0.2, 0.25) is 0 Å². The molecule has 0 aromatic heterocycles. The lowest BCUT2D eigenvalue weighted by Crippen LogP contribution is -2.58. The Morgan fingerprint density at radius 3 is 1.79 bits per heavy atom. The van der Waals surface area contributed by atoms with Gasteiger partial charge in [0.15, 0.2) is 6.04 Å². The van der Waals surface area contributed by atoms with Gasteiger partial charge >= 0.3 is 11.9 Å². The number of nitrogens with two attached hydrogens (primary N) is 2. The third kappa shape index (κ3) is 12.4. The molecule has 10 N–H and O–H groups in total. The summed E-state index contributed by atoms with van der Waals surface area (Å²) in [6.07, 6.45) is -0.818. The van der Waals surface area contributed by atoms with E-state index in [1.807, 2.05) is 11.6 Å². The quantitative estimate of drug-likeness (QED) is 0.0992. The highest BCUT2D eigenvalue weighted by Crippen LogP contribution is 2.06. The van der Waals surface area contributed by atoms with Crippen molar-refractivity contribution < 1.29 is 44.1 Å². The van der Waals surface area contributed by atoms with Crippen molar-refractivity contribution in [2.24, 2.45) is 11.5 Å². The van der Waals surface area contributed by atoms with Crippen LogP contribution in [-0.2, 0) is 28.8 Å². The molecule has 15 heteroatoms. The number of carboxylic acid groups (broad SMARTS) is 2. The van der Waals surface area contributed by atoms with Crippen molar-refractivity contribution in [2.75, 3.05) is 12.0 Å². The number of primary amides is 1. The van der Waals surface area contributed by atoms with Gasteiger partial charge in [-0.15, -0.1) is 0 Å². The largest absolute Gasteiger partial charge is 0.481 e. The lowest BCUT2D eigenvalue weighted by molar-refractivity contribution is -0.145. The van der Waals surface area contributed by atoms with Gasteiger partial charge in [-0.3, -0.25) is 24.0 Å². The van der Waals surface area contributed by atoms with Gasteiger partial charge in [-0.25, -0.2) is 4.79 Å². The molecular formula is C19H33N5O9S. The summed E-state index contributed by atoms with van der Waals surface area (Å²) in [6, 6.07) is -5.49. The number of aliphatic hydroxyl groups is 1. The summed E-state index contributed by atoms with van der Waals surface area (Å²) in [7, 11) is 0. The molecule has 0 fully saturated rings. The Kier molecular flexibility index (Phi) is 14.5. The highest BCUT2D eigenvalue weighted by atomic mass is 32.2. The molecule has 194 valence electrons. The molecule has 0 heterocycles. The maximum Gasteiger partial charge on any atom is 0.328 e.